The maximum absolute atomic E-state index is 12.3. The molecule has 0 saturated carbocycles. The van der Waals surface area contributed by atoms with E-state index in [1.807, 2.05) is 19.1 Å². The summed E-state index contributed by atoms with van der Waals surface area (Å²) in [6.45, 7) is 3.60. The molecular weight excluding hydrogens is 386 g/mol. The third-order valence-corrected chi connectivity index (χ3v) is 5.07. The number of amides is 1. The number of esters is 1. The largest absolute Gasteiger partial charge is 0.465 e. The Kier molecular flexibility index (Phi) is 5.88. The van der Waals surface area contributed by atoms with Crippen molar-refractivity contribution in [3.63, 3.8) is 0 Å². The van der Waals surface area contributed by atoms with Gasteiger partial charge in [-0.1, -0.05) is 17.8 Å². The van der Waals surface area contributed by atoms with Gasteiger partial charge in [0.1, 0.15) is 10.6 Å². The Morgan fingerprint density at radius 3 is 2.86 bits per heavy atom. The molecule has 0 bridgehead atoms. The lowest BCUT2D eigenvalue weighted by molar-refractivity contribution is -0.119. The first kappa shape index (κ1) is 19.7. The van der Waals surface area contributed by atoms with Crippen molar-refractivity contribution in [2.75, 3.05) is 19.7 Å². The van der Waals surface area contributed by atoms with Crippen LogP contribution in [0.25, 0.3) is 0 Å². The molecule has 0 fully saturated rings. The molecule has 0 radical (unpaired) electrons. The number of aromatic nitrogens is 2. The fourth-order valence-electron chi connectivity index (χ4n) is 2.69. The van der Waals surface area contributed by atoms with E-state index in [4.69, 9.17) is 14.2 Å². The summed E-state index contributed by atoms with van der Waals surface area (Å²) in [6.07, 6.45) is 0. The maximum Gasteiger partial charge on any atom is 0.346 e. The zero-order chi connectivity index (χ0) is 20.3. The van der Waals surface area contributed by atoms with Crippen molar-refractivity contribution in [3.8, 4) is 11.5 Å². The number of nitrogens with one attached hydrogen (secondary N) is 2. The summed E-state index contributed by atoms with van der Waals surface area (Å²) >= 11 is 0.996. The second-order valence-corrected chi connectivity index (χ2v) is 6.99. The van der Waals surface area contributed by atoms with E-state index < -0.39 is 11.7 Å². The van der Waals surface area contributed by atoms with Crippen LogP contribution in [0.4, 0.5) is 0 Å². The van der Waals surface area contributed by atoms with E-state index in [0.29, 0.717) is 17.2 Å². The highest BCUT2D eigenvalue weighted by molar-refractivity contribution is 8.00. The summed E-state index contributed by atoms with van der Waals surface area (Å²) in [5.74, 6) is 0.390. The Morgan fingerprint density at radius 2 is 2.11 bits per heavy atom. The van der Waals surface area contributed by atoms with Crippen molar-refractivity contribution in [2.45, 2.75) is 24.9 Å². The second kappa shape index (κ2) is 8.34. The van der Waals surface area contributed by atoms with Gasteiger partial charge in [0.2, 0.25) is 12.7 Å². The number of benzene rings is 1. The van der Waals surface area contributed by atoms with Crippen molar-refractivity contribution in [1.29, 1.82) is 0 Å². The van der Waals surface area contributed by atoms with Crippen molar-refractivity contribution in [1.82, 2.24) is 15.3 Å². The number of hydrogen-bond acceptors (Lipinski definition) is 8. The molecule has 1 aliphatic rings. The van der Waals surface area contributed by atoms with Crippen molar-refractivity contribution >= 4 is 23.6 Å². The van der Waals surface area contributed by atoms with Crippen LogP contribution in [-0.4, -0.2) is 41.5 Å². The highest BCUT2D eigenvalue weighted by Crippen LogP contribution is 2.34. The maximum atomic E-state index is 12.3. The molecule has 0 aliphatic carbocycles. The Labute approximate surface area is 164 Å². The Hall–Kier alpha value is -3.01. The van der Waals surface area contributed by atoms with Gasteiger partial charge in [0.15, 0.2) is 11.5 Å². The number of ether oxygens (including phenoxy) is 3. The standard InChI is InChI=1S/C18H19N3O6S/c1-9(11-4-5-12-13(6-11)27-8-26-12)19-14(22)7-28-16-15(17(23)25-3)10(2)20-18(24)21-16/h4-6,9H,7-8H2,1-3H3,(H,19,22)(H,20,21,24)/t9-/m1/s1. The fraction of sp³-hybridized carbons (Fsp3) is 0.333. The Morgan fingerprint density at radius 1 is 1.36 bits per heavy atom. The average molecular weight is 405 g/mol. The van der Waals surface area contributed by atoms with Gasteiger partial charge in [-0.05, 0) is 31.5 Å². The summed E-state index contributed by atoms with van der Waals surface area (Å²) in [5, 5.41) is 3.02. The summed E-state index contributed by atoms with van der Waals surface area (Å²) in [7, 11) is 1.24. The van der Waals surface area contributed by atoms with Crippen LogP contribution in [0.15, 0.2) is 28.0 Å². The van der Waals surface area contributed by atoms with Gasteiger partial charge in [0.05, 0.1) is 18.9 Å². The molecule has 1 aliphatic heterocycles. The summed E-state index contributed by atoms with van der Waals surface area (Å²) in [5.41, 5.74) is 0.747. The molecule has 9 nitrogen and oxygen atoms in total. The Balaban J connectivity index is 1.66. The number of carbonyl (C=O) groups is 2. The number of aromatic amines is 1. The molecule has 28 heavy (non-hydrogen) atoms. The number of fused-ring (bicyclic) bond motifs is 1. The van der Waals surface area contributed by atoms with E-state index in [-0.39, 0.29) is 35.1 Å². The molecule has 1 aromatic carbocycles. The first-order chi connectivity index (χ1) is 13.4. The molecule has 1 atom stereocenters. The van der Waals surface area contributed by atoms with E-state index in [0.717, 1.165) is 17.3 Å². The lowest BCUT2D eigenvalue weighted by Gasteiger charge is -2.15. The molecule has 0 unspecified atom stereocenters. The van der Waals surface area contributed by atoms with Crippen LogP contribution in [0.2, 0.25) is 0 Å². The second-order valence-electron chi connectivity index (χ2n) is 6.03. The summed E-state index contributed by atoms with van der Waals surface area (Å²) in [6, 6.07) is 5.19. The van der Waals surface area contributed by atoms with Crippen LogP contribution in [-0.2, 0) is 9.53 Å². The van der Waals surface area contributed by atoms with Crippen LogP contribution in [0, 0.1) is 6.92 Å². The quantitative estimate of drug-likeness (QED) is 0.422. The third-order valence-electron chi connectivity index (χ3n) is 4.09. The number of rotatable bonds is 6. The lowest BCUT2D eigenvalue weighted by atomic mass is 10.1. The van der Waals surface area contributed by atoms with Crippen LogP contribution in [0.1, 0.15) is 34.6 Å². The van der Waals surface area contributed by atoms with Gasteiger partial charge in [-0.25, -0.2) is 9.59 Å². The van der Waals surface area contributed by atoms with E-state index in [1.165, 1.54) is 7.11 Å². The minimum absolute atomic E-state index is 0.0191. The van der Waals surface area contributed by atoms with Gasteiger partial charge >= 0.3 is 11.7 Å². The number of nitrogens with zero attached hydrogens (tertiary/aromatic N) is 1. The van der Waals surface area contributed by atoms with E-state index in [1.54, 1.807) is 13.0 Å². The average Bonchev–Trinajstić information content (AvgIpc) is 3.13. The molecule has 0 spiro atoms. The number of carbonyl (C=O) groups excluding carboxylic acids is 2. The minimum atomic E-state index is -0.627. The van der Waals surface area contributed by atoms with Gasteiger partial charge in [-0.15, -0.1) is 0 Å². The first-order valence-corrected chi connectivity index (χ1v) is 9.38. The zero-order valence-electron chi connectivity index (χ0n) is 15.5. The van der Waals surface area contributed by atoms with Gasteiger partial charge in [0, 0.05) is 5.69 Å². The molecule has 1 aromatic heterocycles. The normalized spacial score (nSPS) is 13.1. The van der Waals surface area contributed by atoms with E-state index in [2.05, 4.69) is 15.3 Å². The molecule has 10 heteroatoms. The number of H-pyrrole nitrogens is 1. The smallest absolute Gasteiger partial charge is 0.346 e. The van der Waals surface area contributed by atoms with Crippen LogP contribution in [0.3, 0.4) is 0 Å². The summed E-state index contributed by atoms with van der Waals surface area (Å²) in [4.78, 5) is 42.1. The summed E-state index contributed by atoms with van der Waals surface area (Å²) < 4.78 is 15.3. The number of hydrogen-bond donors (Lipinski definition) is 2. The van der Waals surface area contributed by atoms with Gasteiger partial charge < -0.3 is 24.5 Å². The minimum Gasteiger partial charge on any atom is -0.465 e. The Bertz CT molecular complexity index is 974. The van der Waals surface area contributed by atoms with E-state index in [9.17, 15) is 14.4 Å². The zero-order valence-corrected chi connectivity index (χ0v) is 16.3. The van der Waals surface area contributed by atoms with Gasteiger partial charge in [-0.2, -0.15) is 4.98 Å². The first-order valence-electron chi connectivity index (χ1n) is 8.40. The predicted molar refractivity (Wildman–Crippen MR) is 101 cm³/mol. The van der Waals surface area contributed by atoms with Crippen LogP contribution in [0.5, 0.6) is 11.5 Å². The number of aryl methyl sites for hydroxylation is 1. The molecule has 1 amide bonds. The highest BCUT2D eigenvalue weighted by atomic mass is 32.2. The number of thioether (sulfide) groups is 1. The third kappa shape index (κ3) is 4.28. The van der Waals surface area contributed by atoms with Crippen LogP contribution >= 0.6 is 11.8 Å². The van der Waals surface area contributed by atoms with E-state index >= 15 is 0 Å². The SMILES string of the molecule is COC(=O)c1c(SCC(=O)N[C@H](C)c2ccc3c(c2)OCO3)nc(=O)[nH]c1C. The molecule has 148 valence electrons. The predicted octanol–water partition coefficient (Wildman–Crippen LogP) is 1.56. The molecule has 2 aromatic rings. The topological polar surface area (TPSA) is 120 Å². The fourth-order valence-corrected chi connectivity index (χ4v) is 3.57. The number of methoxy groups -OCH3 is 1. The lowest BCUT2D eigenvalue weighted by Crippen LogP contribution is -2.28. The molecule has 0 saturated heterocycles. The van der Waals surface area contributed by atoms with Gasteiger partial charge in [-0.3, -0.25) is 4.79 Å². The molecular formula is C18H19N3O6S. The van der Waals surface area contributed by atoms with Gasteiger partial charge in [0.25, 0.3) is 0 Å². The molecule has 2 N–H and O–H groups in total. The van der Waals surface area contributed by atoms with Crippen molar-refractivity contribution in [3.05, 3.63) is 45.5 Å². The highest BCUT2D eigenvalue weighted by Gasteiger charge is 2.21. The van der Waals surface area contributed by atoms with Crippen molar-refractivity contribution < 1.29 is 23.8 Å². The monoisotopic (exact) mass is 405 g/mol. The molecule has 2 heterocycles. The van der Waals surface area contributed by atoms with Crippen molar-refractivity contribution in [2.24, 2.45) is 0 Å². The molecule has 3 rings (SSSR count). The van der Waals surface area contributed by atoms with Crippen LogP contribution < -0.4 is 20.5 Å².